The number of benzene rings is 1. The molecule has 0 bridgehead atoms. The number of nitrogens with one attached hydrogen (secondary N) is 1. The van der Waals surface area contributed by atoms with Crippen molar-refractivity contribution in [2.24, 2.45) is 7.05 Å². The molecule has 7 heteroatoms. The Kier molecular flexibility index (Phi) is 6.64. The van der Waals surface area contributed by atoms with Crippen molar-refractivity contribution in [1.29, 1.82) is 0 Å². The Hall–Kier alpha value is -1.92. The third-order valence-electron chi connectivity index (χ3n) is 6.03. The number of aryl methyl sites for hydroxylation is 1. The average molecular weight is 433 g/mol. The Morgan fingerprint density at radius 2 is 1.79 bits per heavy atom. The summed E-state index contributed by atoms with van der Waals surface area (Å²) in [5.74, 6) is 1.03. The summed E-state index contributed by atoms with van der Waals surface area (Å²) in [6, 6.07) is 10.4. The molecule has 3 aromatic rings. The lowest BCUT2D eigenvalue weighted by molar-refractivity contribution is 0.152. The monoisotopic (exact) mass is 432 g/mol. The zero-order valence-electron chi connectivity index (χ0n) is 16.6. The molecule has 2 aromatic heterocycles. The maximum Gasteiger partial charge on any atom is 0.126 e. The van der Waals surface area contributed by atoms with Gasteiger partial charge in [-0.2, -0.15) is 0 Å². The molecule has 1 saturated carbocycles. The number of hydrogen-bond acceptors (Lipinski definition) is 3. The van der Waals surface area contributed by atoms with E-state index in [1.165, 1.54) is 17.5 Å². The third kappa shape index (κ3) is 4.05. The van der Waals surface area contributed by atoms with Crippen LogP contribution in [0.1, 0.15) is 55.2 Å². The first-order valence-electron chi connectivity index (χ1n) is 9.60. The van der Waals surface area contributed by atoms with Crippen molar-refractivity contribution >= 4 is 23.2 Å². The number of imidazole rings is 1. The lowest BCUT2D eigenvalue weighted by Crippen LogP contribution is -2.48. The third-order valence-corrected chi connectivity index (χ3v) is 6.77. The number of halogens is 2. The topological polar surface area (TPSA) is 74.2 Å². The van der Waals surface area contributed by atoms with E-state index in [1.807, 2.05) is 36.9 Å². The van der Waals surface area contributed by atoms with Crippen LogP contribution in [0.2, 0.25) is 10.0 Å². The molecular weight excluding hydrogens is 407 g/mol. The van der Waals surface area contributed by atoms with Gasteiger partial charge >= 0.3 is 0 Å². The quantitative estimate of drug-likeness (QED) is 0.606. The summed E-state index contributed by atoms with van der Waals surface area (Å²) >= 11 is 12.6. The van der Waals surface area contributed by atoms with E-state index < -0.39 is 0 Å². The van der Waals surface area contributed by atoms with Crippen molar-refractivity contribution in [3.63, 3.8) is 0 Å². The summed E-state index contributed by atoms with van der Waals surface area (Å²) in [6.07, 6.45) is 10.9. The van der Waals surface area contributed by atoms with Crippen LogP contribution in [0.4, 0.5) is 0 Å². The van der Waals surface area contributed by atoms with E-state index in [0.717, 1.165) is 18.7 Å². The van der Waals surface area contributed by atoms with Gasteiger partial charge in [0, 0.05) is 43.3 Å². The largest absolute Gasteiger partial charge is 0.412 e. The van der Waals surface area contributed by atoms with Crippen molar-refractivity contribution in [3.05, 3.63) is 82.1 Å². The Morgan fingerprint density at radius 3 is 2.34 bits per heavy atom. The maximum atomic E-state index is 6.38. The van der Waals surface area contributed by atoms with Gasteiger partial charge in [0.15, 0.2) is 0 Å². The standard InChI is InChI=1S/C22H24Cl2N4.H2O/c1-15(16-6-10-25-11-7-16)27-20(21-26-12-13-28(21)2)22(8-3-9-22)17-4-5-18(23)19(24)14-17;/h4-7,10-15,20,27H,3,8-9H2,1-2H3;1H2. The van der Waals surface area contributed by atoms with E-state index >= 15 is 0 Å². The first-order valence-corrected chi connectivity index (χ1v) is 10.4. The van der Waals surface area contributed by atoms with Gasteiger partial charge in [0.25, 0.3) is 0 Å². The van der Waals surface area contributed by atoms with Crippen LogP contribution >= 0.6 is 23.2 Å². The molecule has 3 N–H and O–H groups in total. The Morgan fingerprint density at radius 1 is 1.07 bits per heavy atom. The SMILES string of the molecule is CC(NC(c1nccn1C)C1(c2ccc(Cl)c(Cl)c2)CCC1)c1ccncc1.O. The van der Waals surface area contributed by atoms with Gasteiger partial charge in [-0.3, -0.25) is 10.3 Å². The molecule has 0 saturated heterocycles. The Labute approximate surface area is 181 Å². The van der Waals surface area contributed by atoms with Crippen LogP contribution in [-0.2, 0) is 12.5 Å². The Balaban J connectivity index is 0.00000240. The molecular formula is C22H26Cl2N4O. The van der Waals surface area contributed by atoms with Gasteiger partial charge in [-0.05, 0) is 55.2 Å². The molecule has 5 nitrogen and oxygen atoms in total. The summed E-state index contributed by atoms with van der Waals surface area (Å²) in [7, 11) is 2.05. The molecule has 0 amide bonds. The molecule has 0 aliphatic heterocycles. The molecule has 29 heavy (non-hydrogen) atoms. The molecule has 4 rings (SSSR count). The molecule has 1 aliphatic carbocycles. The summed E-state index contributed by atoms with van der Waals surface area (Å²) < 4.78 is 2.11. The molecule has 2 atom stereocenters. The number of rotatable bonds is 6. The molecule has 1 fully saturated rings. The van der Waals surface area contributed by atoms with E-state index in [4.69, 9.17) is 28.2 Å². The van der Waals surface area contributed by atoms with E-state index in [0.29, 0.717) is 10.0 Å². The molecule has 0 spiro atoms. The fourth-order valence-electron chi connectivity index (χ4n) is 4.24. The lowest BCUT2D eigenvalue weighted by atomic mass is 9.59. The summed E-state index contributed by atoms with van der Waals surface area (Å²) in [4.78, 5) is 8.85. The van der Waals surface area contributed by atoms with Crippen LogP contribution in [0.25, 0.3) is 0 Å². The number of pyridine rings is 1. The van der Waals surface area contributed by atoms with E-state index in [-0.39, 0.29) is 23.0 Å². The molecule has 154 valence electrons. The van der Waals surface area contributed by atoms with Crippen molar-refractivity contribution < 1.29 is 5.48 Å². The minimum atomic E-state index is -0.0609. The normalized spacial score (nSPS) is 17.1. The molecule has 2 heterocycles. The van der Waals surface area contributed by atoms with E-state index in [9.17, 15) is 0 Å². The smallest absolute Gasteiger partial charge is 0.126 e. The predicted octanol–water partition coefficient (Wildman–Crippen LogP) is 4.81. The summed E-state index contributed by atoms with van der Waals surface area (Å²) in [5.41, 5.74) is 2.36. The lowest BCUT2D eigenvalue weighted by Gasteiger charge is -2.49. The Bertz CT molecular complexity index is 956. The molecule has 1 aromatic carbocycles. The highest BCUT2D eigenvalue weighted by Crippen LogP contribution is 2.53. The second-order valence-corrected chi connectivity index (χ2v) is 8.45. The zero-order valence-corrected chi connectivity index (χ0v) is 18.1. The first kappa shape index (κ1) is 21.8. The van der Waals surface area contributed by atoms with Crippen molar-refractivity contribution in [2.75, 3.05) is 0 Å². The van der Waals surface area contributed by atoms with Crippen LogP contribution < -0.4 is 5.32 Å². The maximum absolute atomic E-state index is 6.38. The minimum Gasteiger partial charge on any atom is -0.412 e. The highest BCUT2D eigenvalue weighted by molar-refractivity contribution is 6.42. The second kappa shape index (κ2) is 8.84. The van der Waals surface area contributed by atoms with E-state index in [1.54, 1.807) is 0 Å². The van der Waals surface area contributed by atoms with Crippen molar-refractivity contribution in [3.8, 4) is 0 Å². The first-order chi connectivity index (χ1) is 13.5. The van der Waals surface area contributed by atoms with Crippen molar-refractivity contribution in [2.45, 2.75) is 43.7 Å². The van der Waals surface area contributed by atoms with Gasteiger partial charge in [-0.25, -0.2) is 4.98 Å². The van der Waals surface area contributed by atoms with Crippen LogP contribution in [0, 0.1) is 0 Å². The molecule has 2 unspecified atom stereocenters. The second-order valence-electron chi connectivity index (χ2n) is 7.64. The van der Waals surface area contributed by atoms with Gasteiger partial charge in [0.2, 0.25) is 0 Å². The summed E-state index contributed by atoms with van der Waals surface area (Å²) in [6.45, 7) is 2.19. The number of nitrogens with zero attached hydrogens (tertiary/aromatic N) is 3. The van der Waals surface area contributed by atoms with E-state index in [2.05, 4.69) is 47.0 Å². The van der Waals surface area contributed by atoms with Crippen LogP contribution in [0.5, 0.6) is 0 Å². The number of hydrogen-bond donors (Lipinski definition) is 1. The van der Waals surface area contributed by atoms with Gasteiger partial charge in [-0.1, -0.05) is 35.7 Å². The minimum absolute atomic E-state index is 0. The van der Waals surface area contributed by atoms with Gasteiger partial charge in [-0.15, -0.1) is 0 Å². The highest BCUT2D eigenvalue weighted by Gasteiger charge is 2.48. The fraction of sp³-hybridized carbons (Fsp3) is 0.364. The molecule has 0 radical (unpaired) electrons. The molecule has 1 aliphatic rings. The number of aromatic nitrogens is 3. The van der Waals surface area contributed by atoms with Crippen molar-refractivity contribution in [1.82, 2.24) is 19.9 Å². The van der Waals surface area contributed by atoms with Crippen LogP contribution in [-0.4, -0.2) is 20.0 Å². The zero-order chi connectivity index (χ0) is 19.7. The predicted molar refractivity (Wildman–Crippen MR) is 117 cm³/mol. The van der Waals surface area contributed by atoms with Gasteiger partial charge < -0.3 is 10.0 Å². The van der Waals surface area contributed by atoms with Crippen LogP contribution in [0.15, 0.2) is 55.1 Å². The average Bonchev–Trinajstić information content (AvgIpc) is 3.09. The van der Waals surface area contributed by atoms with Gasteiger partial charge in [0.05, 0.1) is 16.1 Å². The fourth-order valence-corrected chi connectivity index (χ4v) is 4.54. The highest BCUT2D eigenvalue weighted by atomic mass is 35.5. The van der Waals surface area contributed by atoms with Crippen LogP contribution in [0.3, 0.4) is 0 Å². The summed E-state index contributed by atoms with van der Waals surface area (Å²) in [5, 5.41) is 5.06. The van der Waals surface area contributed by atoms with Gasteiger partial charge in [0.1, 0.15) is 5.82 Å².